The van der Waals surface area contributed by atoms with Crippen LogP contribution in [-0.2, 0) is 9.59 Å². The van der Waals surface area contributed by atoms with Crippen molar-refractivity contribution in [3.05, 3.63) is 0 Å². The molecule has 0 spiro atoms. The molecule has 35 heavy (non-hydrogen) atoms. The van der Waals surface area contributed by atoms with E-state index in [0.717, 1.165) is 38.5 Å². The average Bonchev–Trinajstić information content (AvgIpc) is 2.99. The molecule has 4 nitrogen and oxygen atoms in total. The highest BCUT2D eigenvalue weighted by Crippen LogP contribution is 2.62. The highest BCUT2D eigenvalue weighted by Gasteiger charge is 2.58. The molecule has 8 bridgehead atoms. The molecule has 8 aliphatic carbocycles. The first kappa shape index (κ1) is 22.9. The molecule has 9 aliphatic rings. The lowest BCUT2D eigenvalue weighted by Crippen LogP contribution is -2.56. The molecular formula is C28H39F3N2O2. The van der Waals surface area contributed by atoms with Crippen LogP contribution in [0.15, 0.2) is 0 Å². The van der Waals surface area contributed by atoms with Gasteiger partial charge in [-0.1, -0.05) is 0 Å². The minimum atomic E-state index is -4.41. The van der Waals surface area contributed by atoms with E-state index in [1.807, 2.05) is 0 Å². The Morgan fingerprint density at radius 1 is 0.571 bits per heavy atom. The molecule has 0 radical (unpaired) electrons. The van der Waals surface area contributed by atoms with E-state index in [0.29, 0.717) is 35.5 Å². The number of hydrogen-bond donors (Lipinski definition) is 0. The maximum Gasteiger partial charge on any atom is 0.395 e. The van der Waals surface area contributed by atoms with Crippen LogP contribution in [-0.4, -0.2) is 54.0 Å². The number of hydrogen-bond acceptors (Lipinski definition) is 2. The maximum absolute atomic E-state index is 14.2. The van der Waals surface area contributed by atoms with Gasteiger partial charge in [-0.15, -0.1) is 0 Å². The Labute approximate surface area is 206 Å². The fourth-order valence-corrected chi connectivity index (χ4v) is 11.0. The quantitative estimate of drug-likeness (QED) is 0.527. The fourth-order valence-electron chi connectivity index (χ4n) is 11.0. The summed E-state index contributed by atoms with van der Waals surface area (Å²) < 4.78 is 42.7. The second-order valence-electron chi connectivity index (χ2n) is 14.1. The van der Waals surface area contributed by atoms with Gasteiger partial charge in [0, 0.05) is 26.2 Å². The number of nitrogens with zero attached hydrogens (tertiary/aromatic N) is 2. The van der Waals surface area contributed by atoms with Gasteiger partial charge in [0.25, 0.3) is 0 Å². The summed E-state index contributed by atoms with van der Waals surface area (Å²) in [4.78, 5) is 30.9. The van der Waals surface area contributed by atoms with Crippen molar-refractivity contribution < 1.29 is 22.8 Å². The third-order valence-electron chi connectivity index (χ3n) is 11.5. The largest absolute Gasteiger partial charge is 0.395 e. The van der Waals surface area contributed by atoms with Gasteiger partial charge in [-0.2, -0.15) is 13.2 Å². The molecule has 0 aromatic heterocycles. The smallest absolute Gasteiger partial charge is 0.340 e. The Morgan fingerprint density at radius 2 is 0.857 bits per heavy atom. The molecule has 9 rings (SSSR count). The number of carbonyl (C=O) groups is 2. The lowest BCUT2D eigenvalue weighted by molar-refractivity contribution is -0.187. The Hall–Kier alpha value is -1.27. The molecule has 0 unspecified atom stereocenters. The Balaban J connectivity index is 1.13. The summed E-state index contributed by atoms with van der Waals surface area (Å²) in [5.74, 6) is 1.73. The van der Waals surface area contributed by atoms with Crippen molar-refractivity contribution in [2.24, 2.45) is 52.3 Å². The van der Waals surface area contributed by atoms with E-state index >= 15 is 0 Å². The molecule has 1 saturated heterocycles. The standard InChI is InChI=1S/C28H39F3N2O2/c29-28(30,31)23-15-32(24(34)26-9-17-3-18(10-26)5-19(4-17)11-26)1-2-33(16-23)25(35)27-12-20-6-21(13-27)8-22(7-20)14-27/h17-23H,1-16H2. The summed E-state index contributed by atoms with van der Waals surface area (Å²) in [6, 6.07) is 0. The second kappa shape index (κ2) is 7.63. The molecule has 9 fully saturated rings. The van der Waals surface area contributed by atoms with E-state index in [1.54, 1.807) is 0 Å². The third kappa shape index (κ3) is 3.67. The lowest BCUT2D eigenvalue weighted by Gasteiger charge is -2.56. The monoisotopic (exact) mass is 492 g/mol. The van der Waals surface area contributed by atoms with Crippen LogP contribution in [0.4, 0.5) is 13.2 Å². The van der Waals surface area contributed by atoms with Crippen LogP contribution >= 0.6 is 0 Å². The van der Waals surface area contributed by atoms with Gasteiger partial charge in [-0.25, -0.2) is 0 Å². The molecular weight excluding hydrogens is 453 g/mol. The Kier molecular flexibility index (Phi) is 4.99. The second-order valence-corrected chi connectivity index (χ2v) is 14.1. The van der Waals surface area contributed by atoms with Gasteiger partial charge in [0.1, 0.15) is 0 Å². The molecule has 2 amide bonds. The van der Waals surface area contributed by atoms with Crippen molar-refractivity contribution in [1.29, 1.82) is 0 Å². The van der Waals surface area contributed by atoms with E-state index in [1.165, 1.54) is 48.3 Å². The van der Waals surface area contributed by atoms with Gasteiger partial charge < -0.3 is 9.80 Å². The Bertz CT molecular complexity index is 778. The van der Waals surface area contributed by atoms with Crippen molar-refractivity contribution in [2.75, 3.05) is 26.2 Å². The normalized spacial score (nSPS) is 48.4. The van der Waals surface area contributed by atoms with Crippen LogP contribution in [0, 0.1) is 52.3 Å². The van der Waals surface area contributed by atoms with Crippen LogP contribution < -0.4 is 0 Å². The minimum Gasteiger partial charge on any atom is -0.340 e. The van der Waals surface area contributed by atoms with E-state index in [2.05, 4.69) is 0 Å². The van der Waals surface area contributed by atoms with Crippen molar-refractivity contribution >= 4 is 11.8 Å². The van der Waals surface area contributed by atoms with Crippen molar-refractivity contribution in [3.63, 3.8) is 0 Å². The zero-order valence-electron chi connectivity index (χ0n) is 20.7. The van der Waals surface area contributed by atoms with E-state index < -0.39 is 22.9 Å². The molecule has 0 aromatic rings. The van der Waals surface area contributed by atoms with Crippen LogP contribution in [0.5, 0.6) is 0 Å². The molecule has 1 aliphatic heterocycles. The maximum atomic E-state index is 14.2. The Morgan fingerprint density at radius 3 is 1.11 bits per heavy atom. The first-order valence-electron chi connectivity index (χ1n) is 14.3. The summed E-state index contributed by atoms with van der Waals surface area (Å²) >= 11 is 0. The van der Waals surface area contributed by atoms with Gasteiger partial charge in [0.05, 0.1) is 16.7 Å². The van der Waals surface area contributed by atoms with E-state index in [4.69, 9.17) is 0 Å². The molecule has 0 atom stereocenters. The molecule has 8 saturated carbocycles. The van der Waals surface area contributed by atoms with E-state index in [9.17, 15) is 22.8 Å². The SMILES string of the molecule is O=C(N1CCN(C(=O)C23CC4CC(CC(C4)C2)C3)CC(C(F)(F)F)C1)C12CC3CC(CC(C3)C1)C2. The van der Waals surface area contributed by atoms with Crippen molar-refractivity contribution in [1.82, 2.24) is 9.80 Å². The van der Waals surface area contributed by atoms with Gasteiger partial charge in [-0.05, 0) is 113 Å². The van der Waals surface area contributed by atoms with E-state index in [-0.39, 0.29) is 38.0 Å². The zero-order chi connectivity index (χ0) is 24.2. The number of rotatable bonds is 2. The number of carbonyl (C=O) groups excluding carboxylic acids is 2. The average molecular weight is 493 g/mol. The first-order valence-corrected chi connectivity index (χ1v) is 14.3. The van der Waals surface area contributed by atoms with Gasteiger partial charge in [0.2, 0.25) is 11.8 Å². The summed E-state index contributed by atoms with van der Waals surface area (Å²) in [5.41, 5.74) is -0.881. The minimum absolute atomic E-state index is 0.0325. The number of halogens is 3. The third-order valence-corrected chi connectivity index (χ3v) is 11.5. The topological polar surface area (TPSA) is 40.6 Å². The van der Waals surface area contributed by atoms with Crippen LogP contribution in [0.25, 0.3) is 0 Å². The van der Waals surface area contributed by atoms with Gasteiger partial charge in [-0.3, -0.25) is 9.59 Å². The predicted molar refractivity (Wildman–Crippen MR) is 124 cm³/mol. The molecule has 1 heterocycles. The molecule has 0 N–H and O–H groups in total. The zero-order valence-corrected chi connectivity index (χ0v) is 20.7. The molecule has 0 aromatic carbocycles. The van der Waals surface area contributed by atoms with Crippen LogP contribution in [0.3, 0.4) is 0 Å². The highest BCUT2D eigenvalue weighted by molar-refractivity contribution is 5.85. The fraction of sp³-hybridized carbons (Fsp3) is 0.929. The highest BCUT2D eigenvalue weighted by atomic mass is 19.4. The summed E-state index contributed by atoms with van der Waals surface area (Å²) in [5, 5.41) is 0. The van der Waals surface area contributed by atoms with Crippen LogP contribution in [0.1, 0.15) is 77.0 Å². The predicted octanol–water partition coefficient (Wildman–Crippen LogP) is 5.27. The molecule has 7 heteroatoms. The lowest BCUT2D eigenvalue weighted by atomic mass is 9.49. The van der Waals surface area contributed by atoms with Crippen molar-refractivity contribution in [3.8, 4) is 0 Å². The summed E-state index contributed by atoms with van der Waals surface area (Å²) in [6.07, 6.45) is 7.96. The van der Waals surface area contributed by atoms with Crippen molar-refractivity contribution in [2.45, 2.75) is 83.2 Å². The van der Waals surface area contributed by atoms with Gasteiger partial charge >= 0.3 is 6.18 Å². The number of amides is 2. The first-order chi connectivity index (χ1) is 16.6. The van der Waals surface area contributed by atoms with Crippen LogP contribution in [0.2, 0.25) is 0 Å². The summed E-state index contributed by atoms with van der Waals surface area (Å²) in [6.45, 7) is -0.0555. The van der Waals surface area contributed by atoms with Gasteiger partial charge in [0.15, 0.2) is 0 Å². The molecule has 194 valence electrons. The number of alkyl halides is 3. The summed E-state index contributed by atoms with van der Waals surface area (Å²) in [7, 11) is 0.